The number of hydrogen-bond acceptors (Lipinski definition) is 9. The molecule has 3 aliphatic heterocycles. The lowest BCUT2D eigenvalue weighted by Gasteiger charge is -2.55. The molecule has 0 saturated carbocycles. The highest BCUT2D eigenvalue weighted by molar-refractivity contribution is 7.13. The Labute approximate surface area is 187 Å². The number of benzene rings is 1. The molecule has 11 heteroatoms. The molecule has 5 heterocycles. The van der Waals surface area contributed by atoms with Crippen LogP contribution >= 0.6 is 11.3 Å². The lowest BCUT2D eigenvalue weighted by atomic mass is 9.88. The van der Waals surface area contributed by atoms with Gasteiger partial charge in [0.1, 0.15) is 16.1 Å². The minimum atomic E-state index is -0.668. The van der Waals surface area contributed by atoms with Gasteiger partial charge in [-0.15, -0.1) is 11.3 Å². The molecule has 3 saturated heterocycles. The molecular formula is C21H23N5O5S. The van der Waals surface area contributed by atoms with Gasteiger partial charge in [-0.25, -0.2) is 15.3 Å². The van der Waals surface area contributed by atoms with Crippen LogP contribution in [0.4, 0.5) is 10.8 Å². The fourth-order valence-corrected chi connectivity index (χ4v) is 4.94. The van der Waals surface area contributed by atoms with Crippen molar-refractivity contribution >= 4 is 40.5 Å². The highest BCUT2D eigenvalue weighted by atomic mass is 32.1. The number of carbonyl (C=O) groups excluding carboxylic acids is 2. The Morgan fingerprint density at radius 3 is 2.66 bits per heavy atom. The van der Waals surface area contributed by atoms with E-state index in [1.165, 1.54) is 11.3 Å². The number of nitrogens with one attached hydrogen (secondary N) is 1. The van der Waals surface area contributed by atoms with E-state index in [-0.39, 0.29) is 23.7 Å². The number of oxazole rings is 1. The molecule has 0 radical (unpaired) electrons. The summed E-state index contributed by atoms with van der Waals surface area (Å²) in [6.07, 6.45) is 2.29. The fourth-order valence-electron chi connectivity index (χ4n) is 4.28. The van der Waals surface area contributed by atoms with Crippen molar-refractivity contribution in [3.8, 4) is 10.6 Å². The Morgan fingerprint density at radius 2 is 2.03 bits per heavy atom. The normalized spacial score (nSPS) is 20.2. The van der Waals surface area contributed by atoms with Gasteiger partial charge in [0.2, 0.25) is 0 Å². The monoisotopic (exact) mass is 457 g/mol. The van der Waals surface area contributed by atoms with Crippen molar-refractivity contribution in [3.63, 3.8) is 0 Å². The smallest absolute Gasteiger partial charge is 0.410 e. The van der Waals surface area contributed by atoms with Crippen LogP contribution in [-0.4, -0.2) is 62.8 Å². The molecule has 3 aromatic rings. The lowest BCUT2D eigenvalue weighted by Crippen LogP contribution is -2.70. The molecule has 2 aromatic heterocycles. The summed E-state index contributed by atoms with van der Waals surface area (Å²) in [5.41, 5.74) is 2.82. The Balaban J connectivity index is 1.45. The molecule has 32 heavy (non-hydrogen) atoms. The quantitative estimate of drug-likeness (QED) is 0.454. The summed E-state index contributed by atoms with van der Waals surface area (Å²) < 4.78 is 11.7. The third kappa shape index (κ3) is 3.47. The number of nitrogens with zero attached hydrogens (tertiary/aromatic N) is 4. The van der Waals surface area contributed by atoms with E-state index in [1.807, 2.05) is 31.1 Å². The number of carbonyl (C=O) groups is 2. The molecule has 10 nitrogen and oxygen atoms in total. The molecule has 3 fully saturated rings. The first kappa shape index (κ1) is 20.7. The largest absolute Gasteiger partial charge is 0.444 e. The highest BCUT2D eigenvalue weighted by Crippen LogP contribution is 2.39. The van der Waals surface area contributed by atoms with Gasteiger partial charge in [-0.2, -0.15) is 4.98 Å². The van der Waals surface area contributed by atoms with E-state index in [4.69, 9.17) is 14.4 Å². The average molecular weight is 458 g/mol. The number of anilines is 1. The van der Waals surface area contributed by atoms with E-state index in [2.05, 4.69) is 9.97 Å². The molecule has 2 atom stereocenters. The summed E-state index contributed by atoms with van der Waals surface area (Å²) in [5.74, 6) is -0.668. The summed E-state index contributed by atoms with van der Waals surface area (Å²) in [5, 5.41) is 11.7. The maximum absolute atomic E-state index is 12.5. The zero-order valence-corrected chi connectivity index (χ0v) is 18.7. The molecule has 2 unspecified atom stereocenters. The van der Waals surface area contributed by atoms with Crippen LogP contribution in [0.5, 0.6) is 0 Å². The summed E-state index contributed by atoms with van der Waals surface area (Å²) in [6, 6.07) is 3.72. The Bertz CT molecular complexity index is 1170. The van der Waals surface area contributed by atoms with Crippen molar-refractivity contribution < 1.29 is 24.0 Å². The van der Waals surface area contributed by atoms with Crippen LogP contribution in [0, 0.1) is 0 Å². The zero-order chi connectivity index (χ0) is 22.6. The summed E-state index contributed by atoms with van der Waals surface area (Å²) in [6.45, 7) is 6.66. The number of aromatic nitrogens is 2. The molecule has 6 rings (SSSR count). The maximum Gasteiger partial charge on any atom is 0.410 e. The molecule has 1 aromatic carbocycles. The Hall–Kier alpha value is -3.18. The molecule has 3 aliphatic rings. The lowest BCUT2D eigenvalue weighted by molar-refractivity contribution is -0.0386. The van der Waals surface area contributed by atoms with Crippen molar-refractivity contribution in [2.24, 2.45) is 0 Å². The van der Waals surface area contributed by atoms with Crippen LogP contribution in [-0.2, 0) is 4.74 Å². The van der Waals surface area contributed by atoms with Crippen molar-refractivity contribution in [2.75, 3.05) is 18.0 Å². The fraction of sp³-hybridized carbons (Fsp3) is 0.429. The van der Waals surface area contributed by atoms with Crippen molar-refractivity contribution in [1.29, 1.82) is 0 Å². The summed E-state index contributed by atoms with van der Waals surface area (Å²) in [4.78, 5) is 37.4. The maximum atomic E-state index is 12.5. The third-order valence-electron chi connectivity index (χ3n) is 5.61. The standard InChI is InChI=1S/C21H23N5O5S/c1-21(2,3)31-20(28)26-11-8-12(26)10-25(9-11)19-23-15-13(17(27)24-29)4-5-14(16(15)30-19)18-22-6-7-32-18/h4-7,11-12,29H,8-10H2,1-3H3,(H,24,27). The second-order valence-corrected chi connectivity index (χ2v) is 9.84. The van der Waals surface area contributed by atoms with E-state index in [0.717, 1.165) is 17.0 Å². The minimum Gasteiger partial charge on any atom is -0.444 e. The molecule has 2 bridgehead atoms. The van der Waals surface area contributed by atoms with E-state index >= 15 is 0 Å². The first-order valence-corrected chi connectivity index (χ1v) is 11.2. The third-order valence-corrected chi connectivity index (χ3v) is 6.42. The van der Waals surface area contributed by atoms with Gasteiger partial charge in [0.15, 0.2) is 5.58 Å². The van der Waals surface area contributed by atoms with Crippen molar-refractivity contribution in [2.45, 2.75) is 44.9 Å². The first-order valence-electron chi connectivity index (χ1n) is 10.3. The van der Waals surface area contributed by atoms with Gasteiger partial charge >= 0.3 is 6.09 Å². The van der Waals surface area contributed by atoms with Crippen LogP contribution < -0.4 is 10.4 Å². The number of fused-ring (bicyclic) bond motifs is 3. The molecule has 2 amide bonds. The molecule has 2 N–H and O–H groups in total. The zero-order valence-electron chi connectivity index (χ0n) is 17.9. The number of piperidine rings is 1. The predicted molar refractivity (Wildman–Crippen MR) is 117 cm³/mol. The van der Waals surface area contributed by atoms with E-state index in [1.54, 1.807) is 28.7 Å². The van der Waals surface area contributed by atoms with Gasteiger partial charge in [0, 0.05) is 24.7 Å². The van der Waals surface area contributed by atoms with Crippen LogP contribution in [0.3, 0.4) is 0 Å². The highest BCUT2D eigenvalue weighted by Gasteiger charge is 2.49. The van der Waals surface area contributed by atoms with Crippen LogP contribution in [0.25, 0.3) is 21.7 Å². The minimum absolute atomic E-state index is 0.0113. The number of amides is 2. The van der Waals surface area contributed by atoms with Crippen LogP contribution in [0.15, 0.2) is 28.1 Å². The molecule has 168 valence electrons. The number of thiazole rings is 1. The second-order valence-electron chi connectivity index (χ2n) is 8.95. The summed E-state index contributed by atoms with van der Waals surface area (Å²) in [7, 11) is 0. The van der Waals surface area contributed by atoms with Gasteiger partial charge in [-0.1, -0.05) is 0 Å². The molecule has 0 spiro atoms. The van der Waals surface area contributed by atoms with E-state index in [9.17, 15) is 9.59 Å². The van der Waals surface area contributed by atoms with Crippen molar-refractivity contribution in [3.05, 3.63) is 29.3 Å². The number of hydrogen-bond donors (Lipinski definition) is 2. The predicted octanol–water partition coefficient (Wildman–Crippen LogP) is 3.27. The van der Waals surface area contributed by atoms with Gasteiger partial charge in [-0.3, -0.25) is 14.9 Å². The molecular weight excluding hydrogens is 434 g/mol. The number of rotatable bonds is 3. The van der Waals surface area contributed by atoms with Crippen LogP contribution in [0.1, 0.15) is 37.6 Å². The second kappa shape index (κ2) is 7.45. The van der Waals surface area contributed by atoms with Crippen LogP contribution in [0.2, 0.25) is 0 Å². The van der Waals surface area contributed by atoms with Crippen molar-refractivity contribution in [1.82, 2.24) is 20.3 Å². The van der Waals surface area contributed by atoms with E-state index < -0.39 is 11.5 Å². The molecule has 0 aliphatic carbocycles. The van der Waals surface area contributed by atoms with Gasteiger partial charge in [0.05, 0.1) is 23.2 Å². The topological polar surface area (TPSA) is 121 Å². The Morgan fingerprint density at radius 1 is 1.28 bits per heavy atom. The number of ether oxygens (including phenoxy) is 1. The average Bonchev–Trinajstić information content (AvgIpc) is 3.41. The van der Waals surface area contributed by atoms with Gasteiger partial charge < -0.3 is 14.1 Å². The Kier molecular flexibility index (Phi) is 4.82. The van der Waals surface area contributed by atoms with Gasteiger partial charge in [0.25, 0.3) is 11.9 Å². The number of piperazine rings is 1. The number of hydroxylamine groups is 1. The summed E-state index contributed by atoms with van der Waals surface area (Å²) >= 11 is 1.45. The van der Waals surface area contributed by atoms with E-state index in [0.29, 0.717) is 30.2 Å². The van der Waals surface area contributed by atoms with Gasteiger partial charge in [-0.05, 0) is 39.3 Å². The first-order chi connectivity index (χ1) is 15.2. The SMILES string of the molecule is CC(C)(C)OC(=O)N1C2CC1CN(c1nc3c(C(=O)NO)ccc(-c4nccs4)c3o1)C2.